The van der Waals surface area contributed by atoms with Crippen LogP contribution in [0.4, 0.5) is 22.0 Å². The molecule has 0 saturated heterocycles. The molecule has 0 aromatic heterocycles. The zero-order valence-electron chi connectivity index (χ0n) is 15.0. The molecular formula is C20H14F5NO3S. The lowest BCUT2D eigenvalue weighted by Crippen LogP contribution is -2.65. The number of benzene rings is 2. The first-order chi connectivity index (χ1) is 14.0. The first kappa shape index (κ1) is 21.8. The third-order valence-electron chi connectivity index (χ3n) is 4.89. The Hall–Kier alpha value is -2.85. The van der Waals surface area contributed by atoms with Crippen LogP contribution >= 0.6 is 0 Å². The second kappa shape index (κ2) is 7.44. The fourth-order valence-corrected chi connectivity index (χ4v) is 4.75. The largest absolute Gasteiger partial charge is 0.302 e. The average molecular weight is 443 g/mol. The molecule has 0 heterocycles. The van der Waals surface area contributed by atoms with E-state index in [4.69, 9.17) is 5.41 Å². The SMILES string of the molecule is N=C(c1ccccc1)C1(S(=O)(=O)O)C(F)=C(F)C(F)=C(F)C1(F)Cc1ccccc1. The summed E-state index contributed by atoms with van der Waals surface area (Å²) in [6.45, 7) is 0. The van der Waals surface area contributed by atoms with Crippen molar-refractivity contribution in [1.82, 2.24) is 0 Å². The maximum absolute atomic E-state index is 16.3. The van der Waals surface area contributed by atoms with E-state index in [0.717, 1.165) is 12.1 Å². The number of allylic oxidation sites excluding steroid dienone is 3. The van der Waals surface area contributed by atoms with Gasteiger partial charge in [-0.05, 0) is 11.1 Å². The van der Waals surface area contributed by atoms with Crippen LogP contribution in [-0.2, 0) is 16.5 Å². The van der Waals surface area contributed by atoms with Gasteiger partial charge in [0.1, 0.15) is 0 Å². The molecule has 0 saturated carbocycles. The minimum Gasteiger partial charge on any atom is -0.302 e. The van der Waals surface area contributed by atoms with Gasteiger partial charge in [-0.25, -0.2) is 22.0 Å². The predicted octanol–water partition coefficient (Wildman–Crippen LogP) is 4.95. The highest BCUT2D eigenvalue weighted by atomic mass is 32.2. The van der Waals surface area contributed by atoms with E-state index in [1.54, 1.807) is 0 Å². The van der Waals surface area contributed by atoms with E-state index >= 15 is 8.78 Å². The molecule has 3 rings (SSSR count). The number of alkyl halides is 1. The van der Waals surface area contributed by atoms with Crippen LogP contribution in [0.25, 0.3) is 0 Å². The maximum atomic E-state index is 16.3. The van der Waals surface area contributed by atoms with E-state index in [9.17, 15) is 26.1 Å². The molecule has 0 amide bonds. The van der Waals surface area contributed by atoms with Crippen molar-refractivity contribution in [3.8, 4) is 0 Å². The van der Waals surface area contributed by atoms with Crippen LogP contribution in [0, 0.1) is 5.41 Å². The molecule has 0 fully saturated rings. The Morgan fingerprint density at radius 1 is 0.867 bits per heavy atom. The summed E-state index contributed by atoms with van der Waals surface area (Å²) in [5, 5.41) is 8.19. The van der Waals surface area contributed by atoms with Crippen molar-refractivity contribution in [3.05, 3.63) is 95.1 Å². The van der Waals surface area contributed by atoms with Gasteiger partial charge < -0.3 is 5.41 Å². The Labute approximate surface area is 168 Å². The summed E-state index contributed by atoms with van der Waals surface area (Å²) in [7, 11) is -6.11. The molecule has 1 aliphatic carbocycles. The van der Waals surface area contributed by atoms with Gasteiger partial charge in [0, 0.05) is 6.42 Å². The molecule has 2 N–H and O–H groups in total. The van der Waals surface area contributed by atoms with E-state index in [-0.39, 0.29) is 5.56 Å². The zero-order valence-corrected chi connectivity index (χ0v) is 15.9. The van der Waals surface area contributed by atoms with Crippen LogP contribution in [-0.4, -0.2) is 29.1 Å². The van der Waals surface area contributed by atoms with Gasteiger partial charge in [-0.15, -0.1) is 0 Å². The highest BCUT2D eigenvalue weighted by Gasteiger charge is 2.73. The second-order valence-corrected chi connectivity index (χ2v) is 8.18. The Morgan fingerprint density at radius 3 is 1.83 bits per heavy atom. The van der Waals surface area contributed by atoms with Crippen molar-refractivity contribution >= 4 is 15.8 Å². The fraction of sp³-hybridized carbons (Fsp3) is 0.150. The third-order valence-corrected chi connectivity index (χ3v) is 6.37. The molecule has 158 valence electrons. The highest BCUT2D eigenvalue weighted by Crippen LogP contribution is 2.55. The quantitative estimate of drug-likeness (QED) is 0.390. The molecule has 1 aliphatic rings. The molecule has 0 aliphatic heterocycles. The Balaban J connectivity index is 2.43. The van der Waals surface area contributed by atoms with Gasteiger partial charge in [0.2, 0.25) is 10.4 Å². The van der Waals surface area contributed by atoms with Crippen molar-refractivity contribution in [2.75, 3.05) is 0 Å². The average Bonchev–Trinajstić information content (AvgIpc) is 2.71. The van der Waals surface area contributed by atoms with E-state index in [0.29, 0.717) is 0 Å². The van der Waals surface area contributed by atoms with Crippen molar-refractivity contribution in [1.29, 1.82) is 5.41 Å². The van der Waals surface area contributed by atoms with Gasteiger partial charge in [-0.3, -0.25) is 4.55 Å². The van der Waals surface area contributed by atoms with Gasteiger partial charge in [0.25, 0.3) is 10.1 Å². The lowest BCUT2D eigenvalue weighted by molar-refractivity contribution is 0.123. The lowest BCUT2D eigenvalue weighted by atomic mass is 9.73. The summed E-state index contributed by atoms with van der Waals surface area (Å²) < 4.78 is 105. The fourth-order valence-electron chi connectivity index (χ4n) is 3.49. The molecule has 2 atom stereocenters. The molecular weight excluding hydrogens is 429 g/mol. The van der Waals surface area contributed by atoms with Crippen molar-refractivity contribution in [3.63, 3.8) is 0 Å². The second-order valence-electron chi connectivity index (χ2n) is 6.62. The van der Waals surface area contributed by atoms with E-state index < -0.39 is 61.5 Å². The molecule has 10 heteroatoms. The van der Waals surface area contributed by atoms with Crippen LogP contribution in [0.1, 0.15) is 11.1 Å². The lowest BCUT2D eigenvalue weighted by Gasteiger charge is -2.43. The zero-order chi connectivity index (χ0) is 22.3. The van der Waals surface area contributed by atoms with E-state index in [2.05, 4.69) is 0 Å². The number of nitrogens with one attached hydrogen (secondary N) is 1. The molecule has 0 radical (unpaired) electrons. The summed E-state index contributed by atoms with van der Waals surface area (Å²) in [5.41, 5.74) is -6.28. The Bertz CT molecular complexity index is 1170. The molecule has 2 aromatic carbocycles. The summed E-state index contributed by atoms with van der Waals surface area (Å²) in [4.78, 5) is 0. The van der Waals surface area contributed by atoms with Crippen molar-refractivity contribution < 1.29 is 34.9 Å². The minimum atomic E-state index is -6.11. The van der Waals surface area contributed by atoms with Gasteiger partial charge >= 0.3 is 0 Å². The summed E-state index contributed by atoms with van der Waals surface area (Å²) in [6, 6.07) is 12.7. The first-order valence-electron chi connectivity index (χ1n) is 8.44. The molecule has 0 bridgehead atoms. The monoisotopic (exact) mass is 443 g/mol. The van der Waals surface area contributed by atoms with Crippen molar-refractivity contribution in [2.24, 2.45) is 0 Å². The standard InChI is InChI=1S/C20H14F5NO3S/c21-14-15(22)17(24)20(30(27,28)29,18(26)13-9-5-2-6-10-13)19(25,16(14)23)11-12-7-3-1-4-8-12/h1-10,26H,11H2,(H,27,28,29). The van der Waals surface area contributed by atoms with Gasteiger partial charge in [0.05, 0.1) is 5.71 Å². The summed E-state index contributed by atoms with van der Waals surface area (Å²) in [5.74, 6) is -10.5. The van der Waals surface area contributed by atoms with Crippen LogP contribution in [0.2, 0.25) is 0 Å². The Kier molecular flexibility index (Phi) is 5.42. The number of halogens is 5. The smallest absolute Gasteiger partial charge is 0.287 e. The van der Waals surface area contributed by atoms with Crippen LogP contribution in [0.5, 0.6) is 0 Å². The molecule has 2 unspecified atom stereocenters. The van der Waals surface area contributed by atoms with E-state index in [1.165, 1.54) is 48.5 Å². The van der Waals surface area contributed by atoms with Gasteiger partial charge in [-0.1, -0.05) is 60.7 Å². The van der Waals surface area contributed by atoms with Crippen molar-refractivity contribution in [2.45, 2.75) is 16.8 Å². The first-order valence-corrected chi connectivity index (χ1v) is 9.88. The highest BCUT2D eigenvalue weighted by molar-refractivity contribution is 7.88. The third kappa shape index (κ3) is 2.98. The summed E-state index contributed by atoms with van der Waals surface area (Å²) in [6.07, 6.45) is -1.32. The molecule has 0 spiro atoms. The van der Waals surface area contributed by atoms with E-state index in [1.807, 2.05) is 0 Å². The predicted molar refractivity (Wildman–Crippen MR) is 100 cm³/mol. The minimum absolute atomic E-state index is 0.119. The molecule has 2 aromatic rings. The number of rotatable bonds is 5. The van der Waals surface area contributed by atoms with Gasteiger partial charge in [0.15, 0.2) is 23.3 Å². The van der Waals surface area contributed by atoms with Crippen LogP contribution < -0.4 is 0 Å². The molecule has 30 heavy (non-hydrogen) atoms. The van der Waals surface area contributed by atoms with Crippen LogP contribution in [0.3, 0.4) is 0 Å². The maximum Gasteiger partial charge on any atom is 0.287 e. The number of hydrogen-bond acceptors (Lipinski definition) is 3. The van der Waals surface area contributed by atoms with Gasteiger partial charge in [-0.2, -0.15) is 8.42 Å². The Morgan fingerprint density at radius 2 is 1.33 bits per heavy atom. The molecule has 4 nitrogen and oxygen atoms in total. The topological polar surface area (TPSA) is 78.2 Å². The summed E-state index contributed by atoms with van der Waals surface area (Å²) >= 11 is 0. The normalized spacial score (nSPS) is 24.9. The number of hydrogen-bond donors (Lipinski definition) is 2. The van der Waals surface area contributed by atoms with Crippen LogP contribution in [0.15, 0.2) is 84.0 Å².